The third-order valence-electron chi connectivity index (χ3n) is 3.33. The first kappa shape index (κ1) is 19.9. The van der Waals surface area contributed by atoms with Crippen molar-refractivity contribution in [3.8, 4) is 0 Å². The first-order valence-electron chi connectivity index (χ1n) is 8.21. The molecule has 0 saturated carbocycles. The molecule has 0 aliphatic rings. The molecule has 0 aliphatic carbocycles. The summed E-state index contributed by atoms with van der Waals surface area (Å²) in [5.74, 6) is -0.879. The number of carbonyl (C=O) groups is 1. The van der Waals surface area contributed by atoms with E-state index in [4.69, 9.17) is 9.84 Å². The Kier molecular flexibility index (Phi) is 10.2. The molecule has 0 saturated heterocycles. The average molecular weight is 330 g/mol. The summed E-state index contributed by atoms with van der Waals surface area (Å²) < 4.78 is 5.43. The van der Waals surface area contributed by atoms with E-state index in [0.29, 0.717) is 18.8 Å². The van der Waals surface area contributed by atoms with E-state index in [2.05, 4.69) is 6.92 Å². The normalized spacial score (nSPS) is 11.2. The van der Waals surface area contributed by atoms with E-state index in [1.54, 1.807) is 30.3 Å². The number of rotatable bonds is 8. The van der Waals surface area contributed by atoms with Gasteiger partial charge in [0.1, 0.15) is 0 Å². The molecule has 0 aliphatic heterocycles. The maximum atomic E-state index is 10.2. The van der Waals surface area contributed by atoms with Crippen molar-refractivity contribution in [3.05, 3.63) is 71.8 Å². The number of carboxylic acids is 1. The molecule has 24 heavy (non-hydrogen) atoms. The van der Waals surface area contributed by atoms with Crippen LogP contribution in [0.25, 0.3) is 0 Å². The fraction of sp³-hybridized carbons (Fsp3) is 0.350. The third kappa shape index (κ3) is 9.08. The van der Waals surface area contributed by atoms with Crippen molar-refractivity contribution >= 4 is 5.97 Å². The number of carboxylic acid groups (broad SMARTS) is 1. The molecule has 0 heterocycles. The van der Waals surface area contributed by atoms with Gasteiger partial charge in [-0.2, -0.15) is 0 Å². The number of ether oxygens (including phenoxy) is 1. The molecule has 2 aromatic carbocycles. The van der Waals surface area contributed by atoms with Gasteiger partial charge < -0.3 is 14.9 Å². The molecule has 0 spiro atoms. The molecular weight excluding hydrogens is 304 g/mol. The Morgan fingerprint density at radius 2 is 1.62 bits per heavy atom. The van der Waals surface area contributed by atoms with E-state index < -0.39 is 5.97 Å². The summed E-state index contributed by atoms with van der Waals surface area (Å²) in [7, 11) is 0. The number of hydrogen-bond acceptors (Lipinski definition) is 3. The van der Waals surface area contributed by atoms with Crippen LogP contribution < -0.4 is 0 Å². The largest absolute Gasteiger partial charge is 0.478 e. The van der Waals surface area contributed by atoms with Crippen LogP contribution in [0, 0.1) is 0 Å². The molecule has 2 N–H and O–H groups in total. The molecule has 2 aromatic rings. The van der Waals surface area contributed by atoms with Gasteiger partial charge in [0.05, 0.1) is 24.9 Å². The van der Waals surface area contributed by atoms with Gasteiger partial charge in [-0.15, -0.1) is 0 Å². The molecule has 1 atom stereocenters. The molecule has 130 valence electrons. The maximum absolute atomic E-state index is 10.2. The molecule has 4 nitrogen and oxygen atoms in total. The summed E-state index contributed by atoms with van der Waals surface area (Å²) in [6.07, 6.45) is 2.71. The van der Waals surface area contributed by atoms with Gasteiger partial charge in [-0.05, 0) is 24.1 Å². The highest BCUT2D eigenvalue weighted by Crippen LogP contribution is 2.04. The van der Waals surface area contributed by atoms with E-state index in [1.165, 1.54) is 0 Å². The van der Waals surface area contributed by atoms with Crippen molar-refractivity contribution in [2.45, 2.75) is 38.9 Å². The molecule has 4 heteroatoms. The van der Waals surface area contributed by atoms with E-state index >= 15 is 0 Å². The minimum absolute atomic E-state index is 0.311. The highest BCUT2D eigenvalue weighted by Gasteiger charge is 2.03. The number of aliphatic hydroxyl groups is 1. The Balaban J connectivity index is 0.000000272. The SMILES string of the molecule is CCCC[C@@H](O)COCc1ccccc1.O=C(O)c1ccccc1. The number of benzene rings is 2. The van der Waals surface area contributed by atoms with Crippen LogP contribution in [0.5, 0.6) is 0 Å². The number of aliphatic hydroxyl groups excluding tert-OH is 1. The predicted octanol–water partition coefficient (Wildman–Crippen LogP) is 4.14. The Hall–Kier alpha value is -2.17. The van der Waals surface area contributed by atoms with Gasteiger partial charge in [0.25, 0.3) is 0 Å². The van der Waals surface area contributed by atoms with Gasteiger partial charge in [0, 0.05) is 0 Å². The molecular formula is C20H26O4. The fourth-order valence-electron chi connectivity index (χ4n) is 1.99. The summed E-state index contributed by atoms with van der Waals surface area (Å²) in [6.45, 7) is 3.15. The van der Waals surface area contributed by atoms with E-state index in [-0.39, 0.29) is 6.10 Å². The van der Waals surface area contributed by atoms with Crippen LogP contribution >= 0.6 is 0 Å². The maximum Gasteiger partial charge on any atom is 0.335 e. The Bertz CT molecular complexity index is 554. The van der Waals surface area contributed by atoms with Gasteiger partial charge in [0.2, 0.25) is 0 Å². The van der Waals surface area contributed by atoms with Gasteiger partial charge in [0.15, 0.2) is 0 Å². The third-order valence-corrected chi connectivity index (χ3v) is 3.33. The lowest BCUT2D eigenvalue weighted by atomic mass is 10.2. The first-order valence-corrected chi connectivity index (χ1v) is 8.21. The lowest BCUT2D eigenvalue weighted by Crippen LogP contribution is -2.14. The molecule has 0 bridgehead atoms. The summed E-state index contributed by atoms with van der Waals surface area (Å²) >= 11 is 0. The fourth-order valence-corrected chi connectivity index (χ4v) is 1.99. The van der Waals surface area contributed by atoms with Crippen LogP contribution in [0.3, 0.4) is 0 Å². The van der Waals surface area contributed by atoms with Crippen molar-refractivity contribution in [3.63, 3.8) is 0 Å². The Labute approximate surface area is 143 Å². The Morgan fingerprint density at radius 1 is 1.04 bits per heavy atom. The summed E-state index contributed by atoms with van der Waals surface area (Å²) in [5, 5.41) is 17.9. The van der Waals surface area contributed by atoms with Gasteiger partial charge in [-0.1, -0.05) is 68.3 Å². The summed E-state index contributed by atoms with van der Waals surface area (Å²) in [4.78, 5) is 10.2. The van der Waals surface area contributed by atoms with Crippen LogP contribution in [-0.2, 0) is 11.3 Å². The zero-order chi connectivity index (χ0) is 17.6. The van der Waals surface area contributed by atoms with E-state index in [9.17, 15) is 9.90 Å². The molecule has 0 amide bonds. The lowest BCUT2D eigenvalue weighted by molar-refractivity contribution is 0.0236. The van der Waals surface area contributed by atoms with Crippen LogP contribution in [-0.4, -0.2) is 28.9 Å². The topological polar surface area (TPSA) is 66.8 Å². The second kappa shape index (κ2) is 12.3. The summed E-state index contributed by atoms with van der Waals surface area (Å²) in [5.41, 5.74) is 1.48. The predicted molar refractivity (Wildman–Crippen MR) is 95.0 cm³/mol. The second-order valence-electron chi connectivity index (χ2n) is 5.47. The number of unbranched alkanes of at least 4 members (excludes halogenated alkanes) is 1. The van der Waals surface area contributed by atoms with Crippen molar-refractivity contribution in [1.29, 1.82) is 0 Å². The molecule has 0 fully saturated rings. The minimum Gasteiger partial charge on any atom is -0.478 e. The van der Waals surface area contributed by atoms with Gasteiger partial charge in [-0.25, -0.2) is 4.79 Å². The molecule has 0 unspecified atom stereocenters. The molecule has 0 radical (unpaired) electrons. The van der Waals surface area contributed by atoms with Crippen molar-refractivity contribution in [2.24, 2.45) is 0 Å². The van der Waals surface area contributed by atoms with Gasteiger partial charge in [-0.3, -0.25) is 0 Å². The van der Waals surface area contributed by atoms with E-state index in [1.807, 2.05) is 30.3 Å². The Morgan fingerprint density at radius 3 is 2.12 bits per heavy atom. The quantitative estimate of drug-likeness (QED) is 0.763. The minimum atomic E-state index is -0.879. The number of hydrogen-bond donors (Lipinski definition) is 2. The van der Waals surface area contributed by atoms with Gasteiger partial charge >= 0.3 is 5.97 Å². The first-order chi connectivity index (χ1) is 11.6. The average Bonchev–Trinajstić information content (AvgIpc) is 2.62. The van der Waals surface area contributed by atoms with Crippen LogP contribution in [0.15, 0.2) is 60.7 Å². The summed E-state index contributed by atoms with van der Waals surface area (Å²) in [6, 6.07) is 18.3. The second-order valence-corrected chi connectivity index (χ2v) is 5.47. The smallest absolute Gasteiger partial charge is 0.335 e. The molecule has 0 aromatic heterocycles. The van der Waals surface area contributed by atoms with Crippen LogP contribution in [0.4, 0.5) is 0 Å². The van der Waals surface area contributed by atoms with Crippen LogP contribution in [0.1, 0.15) is 42.1 Å². The standard InChI is InChI=1S/C13H20O2.C7H6O2/c1-2-3-9-13(14)11-15-10-12-7-5-4-6-8-12;8-7(9)6-4-2-1-3-5-6/h4-8,13-14H,2-3,9-11H2,1H3;1-5H,(H,8,9)/t13-;/m1./s1. The zero-order valence-electron chi connectivity index (χ0n) is 14.1. The van der Waals surface area contributed by atoms with Crippen molar-refractivity contribution in [2.75, 3.05) is 6.61 Å². The van der Waals surface area contributed by atoms with E-state index in [0.717, 1.165) is 24.8 Å². The lowest BCUT2D eigenvalue weighted by Gasteiger charge is -2.10. The number of aromatic carboxylic acids is 1. The van der Waals surface area contributed by atoms with Crippen LogP contribution in [0.2, 0.25) is 0 Å². The van der Waals surface area contributed by atoms with Crippen molar-refractivity contribution in [1.82, 2.24) is 0 Å². The molecule has 2 rings (SSSR count). The highest BCUT2D eigenvalue weighted by atomic mass is 16.5. The highest BCUT2D eigenvalue weighted by molar-refractivity contribution is 5.87. The zero-order valence-corrected chi connectivity index (χ0v) is 14.1. The monoisotopic (exact) mass is 330 g/mol. The van der Waals surface area contributed by atoms with Crippen molar-refractivity contribution < 1.29 is 19.7 Å².